The Labute approximate surface area is 186 Å². The number of aromatic nitrogens is 1. The first-order valence-corrected chi connectivity index (χ1v) is 11.8. The number of carbonyl (C=O) groups excluding carboxylic acids is 1. The van der Waals surface area contributed by atoms with Crippen molar-refractivity contribution >= 4 is 34.0 Å². The molecular formula is C22H28ClN3O3S. The number of aryl methyl sites for hydroxylation is 2. The first kappa shape index (κ1) is 21.6. The molecule has 4 rings (SSSR count). The number of halogens is 1. The quantitative estimate of drug-likeness (QED) is 0.699. The molecule has 1 atom stereocenters. The summed E-state index contributed by atoms with van der Waals surface area (Å²) in [5.74, 6) is 0.615. The molecule has 2 heterocycles. The molecule has 1 aliphatic heterocycles. The van der Waals surface area contributed by atoms with Crippen molar-refractivity contribution in [3.63, 3.8) is 0 Å². The third-order valence-corrected chi connectivity index (χ3v) is 7.08. The van der Waals surface area contributed by atoms with E-state index in [-0.39, 0.29) is 12.5 Å². The lowest BCUT2D eigenvalue weighted by atomic mass is 9.96. The van der Waals surface area contributed by atoms with E-state index in [2.05, 4.69) is 15.2 Å². The lowest BCUT2D eigenvalue weighted by Crippen LogP contribution is -2.38. The molecule has 1 aromatic heterocycles. The van der Waals surface area contributed by atoms with Gasteiger partial charge < -0.3 is 15.2 Å². The van der Waals surface area contributed by atoms with Crippen LogP contribution in [0.5, 0.6) is 5.75 Å². The molecule has 30 heavy (non-hydrogen) atoms. The van der Waals surface area contributed by atoms with E-state index in [4.69, 9.17) is 16.3 Å². The first-order chi connectivity index (χ1) is 14.5. The average molecular weight is 450 g/mol. The Balaban J connectivity index is 1.26. The van der Waals surface area contributed by atoms with E-state index in [9.17, 15) is 9.90 Å². The van der Waals surface area contributed by atoms with Gasteiger partial charge in [0.15, 0.2) is 5.13 Å². The van der Waals surface area contributed by atoms with Gasteiger partial charge in [0.05, 0.1) is 17.8 Å². The second-order valence-corrected chi connectivity index (χ2v) is 9.76. The molecule has 1 saturated heterocycles. The maximum atomic E-state index is 12.5. The highest BCUT2D eigenvalue weighted by Gasteiger charge is 2.31. The molecule has 0 saturated carbocycles. The van der Waals surface area contributed by atoms with Crippen molar-refractivity contribution in [2.24, 2.45) is 0 Å². The van der Waals surface area contributed by atoms with Crippen LogP contribution in [0, 0.1) is 0 Å². The number of anilines is 1. The summed E-state index contributed by atoms with van der Waals surface area (Å²) in [5, 5.41) is 15.3. The minimum Gasteiger partial charge on any atom is -0.491 e. The SMILES string of the molecule is O=C(CN1CCCC(O)(COc2cccc(Cl)c2)CC1)Nc1nc2c(s1)CCCC2. The number of carbonyl (C=O) groups is 1. The van der Waals surface area contributed by atoms with Crippen LogP contribution in [0.3, 0.4) is 0 Å². The molecule has 0 spiro atoms. The van der Waals surface area contributed by atoms with Crippen molar-refractivity contribution in [2.75, 3.05) is 31.6 Å². The van der Waals surface area contributed by atoms with E-state index >= 15 is 0 Å². The van der Waals surface area contributed by atoms with Gasteiger partial charge in [0.25, 0.3) is 0 Å². The number of likely N-dealkylation sites (tertiary alicyclic amines) is 1. The van der Waals surface area contributed by atoms with Crippen LogP contribution in [0.15, 0.2) is 24.3 Å². The molecule has 1 unspecified atom stereocenters. The molecule has 0 radical (unpaired) electrons. The minimum atomic E-state index is -0.901. The van der Waals surface area contributed by atoms with E-state index in [1.165, 1.54) is 17.7 Å². The predicted octanol–water partition coefficient (Wildman–Crippen LogP) is 3.91. The monoisotopic (exact) mass is 449 g/mol. The first-order valence-electron chi connectivity index (χ1n) is 10.6. The van der Waals surface area contributed by atoms with Gasteiger partial charge in [-0.3, -0.25) is 9.69 Å². The Hall–Kier alpha value is -1.67. The minimum absolute atomic E-state index is 0.0401. The number of nitrogens with zero attached hydrogens (tertiary/aromatic N) is 2. The summed E-state index contributed by atoms with van der Waals surface area (Å²) in [5.41, 5.74) is 0.253. The van der Waals surface area contributed by atoms with E-state index in [1.54, 1.807) is 23.5 Å². The van der Waals surface area contributed by atoms with Crippen molar-refractivity contribution in [1.29, 1.82) is 0 Å². The molecule has 6 nitrogen and oxygen atoms in total. The summed E-state index contributed by atoms with van der Waals surface area (Å²) >= 11 is 7.60. The molecule has 2 N–H and O–H groups in total. The number of fused-ring (bicyclic) bond motifs is 1. The van der Waals surface area contributed by atoms with E-state index in [0.29, 0.717) is 41.8 Å². The van der Waals surface area contributed by atoms with Gasteiger partial charge in [-0.2, -0.15) is 0 Å². The number of amides is 1. The molecule has 0 bridgehead atoms. The Morgan fingerprint density at radius 1 is 1.27 bits per heavy atom. The Kier molecular flexibility index (Phi) is 6.93. The Morgan fingerprint density at radius 2 is 2.13 bits per heavy atom. The summed E-state index contributed by atoms with van der Waals surface area (Å²) in [6, 6.07) is 7.19. The highest BCUT2D eigenvalue weighted by atomic mass is 35.5. The average Bonchev–Trinajstić information content (AvgIpc) is 3.03. The predicted molar refractivity (Wildman–Crippen MR) is 120 cm³/mol. The molecule has 8 heteroatoms. The van der Waals surface area contributed by atoms with E-state index in [1.807, 2.05) is 12.1 Å². The highest BCUT2D eigenvalue weighted by Crippen LogP contribution is 2.30. The van der Waals surface area contributed by atoms with Crippen molar-refractivity contribution in [1.82, 2.24) is 9.88 Å². The van der Waals surface area contributed by atoms with Crippen LogP contribution in [-0.2, 0) is 17.6 Å². The summed E-state index contributed by atoms with van der Waals surface area (Å²) in [4.78, 5) is 20.5. The Bertz CT molecular complexity index is 867. The number of aliphatic hydroxyl groups is 1. The molecule has 162 valence electrons. The fourth-order valence-corrected chi connectivity index (χ4v) is 5.33. The summed E-state index contributed by atoms with van der Waals surface area (Å²) in [7, 11) is 0. The van der Waals surface area contributed by atoms with Gasteiger partial charge in [-0.25, -0.2) is 4.98 Å². The number of thiazole rings is 1. The summed E-state index contributed by atoms with van der Waals surface area (Å²) < 4.78 is 5.78. The molecular weight excluding hydrogens is 422 g/mol. The fraction of sp³-hybridized carbons (Fsp3) is 0.545. The highest BCUT2D eigenvalue weighted by molar-refractivity contribution is 7.15. The number of hydrogen-bond donors (Lipinski definition) is 2. The molecule has 1 fully saturated rings. The largest absolute Gasteiger partial charge is 0.491 e. The van der Waals surface area contributed by atoms with Crippen molar-refractivity contribution in [3.8, 4) is 5.75 Å². The van der Waals surface area contributed by atoms with Crippen LogP contribution < -0.4 is 10.1 Å². The smallest absolute Gasteiger partial charge is 0.240 e. The van der Waals surface area contributed by atoms with Crippen molar-refractivity contribution < 1.29 is 14.6 Å². The summed E-state index contributed by atoms with van der Waals surface area (Å²) in [6.07, 6.45) is 6.50. The maximum absolute atomic E-state index is 12.5. The van der Waals surface area contributed by atoms with Gasteiger partial charge in [0.2, 0.25) is 5.91 Å². The zero-order chi connectivity index (χ0) is 21.0. The number of nitrogens with one attached hydrogen (secondary N) is 1. The second-order valence-electron chi connectivity index (χ2n) is 8.24. The molecule has 1 amide bonds. The maximum Gasteiger partial charge on any atom is 0.240 e. The number of ether oxygens (including phenoxy) is 1. The van der Waals surface area contributed by atoms with E-state index < -0.39 is 5.60 Å². The topological polar surface area (TPSA) is 74.7 Å². The number of rotatable bonds is 6. The van der Waals surface area contributed by atoms with Crippen LogP contribution in [-0.4, -0.2) is 52.7 Å². The van der Waals surface area contributed by atoms with Crippen LogP contribution in [0.2, 0.25) is 5.02 Å². The second kappa shape index (κ2) is 9.64. The lowest BCUT2D eigenvalue weighted by molar-refractivity contribution is -0.117. The van der Waals surface area contributed by atoms with Crippen molar-refractivity contribution in [3.05, 3.63) is 39.9 Å². The Morgan fingerprint density at radius 3 is 2.97 bits per heavy atom. The standard InChI is InChI=1S/C22H28ClN3O3S/c23-16-5-3-6-17(13-16)29-15-22(28)9-4-11-26(12-10-22)14-20(27)25-21-24-18-7-1-2-8-19(18)30-21/h3,5-6,13,28H,1-2,4,7-12,14-15H2,(H,24,25,27). The zero-order valence-electron chi connectivity index (χ0n) is 17.0. The van der Waals surface area contributed by atoms with Gasteiger partial charge in [0.1, 0.15) is 12.4 Å². The van der Waals surface area contributed by atoms with Gasteiger partial charge in [-0.1, -0.05) is 17.7 Å². The summed E-state index contributed by atoms with van der Waals surface area (Å²) in [6.45, 7) is 1.96. The molecule has 2 aliphatic rings. The van der Waals surface area contributed by atoms with Gasteiger partial charge in [-0.15, -0.1) is 11.3 Å². The third-order valence-electron chi connectivity index (χ3n) is 5.77. The van der Waals surface area contributed by atoms with Crippen LogP contribution >= 0.6 is 22.9 Å². The zero-order valence-corrected chi connectivity index (χ0v) is 18.6. The number of hydrogen-bond acceptors (Lipinski definition) is 6. The lowest BCUT2D eigenvalue weighted by Gasteiger charge is -2.27. The third kappa shape index (κ3) is 5.72. The van der Waals surface area contributed by atoms with Gasteiger partial charge in [0, 0.05) is 16.4 Å². The number of benzene rings is 1. The molecule has 1 aromatic carbocycles. The van der Waals surface area contributed by atoms with E-state index in [0.717, 1.165) is 31.5 Å². The molecule has 1 aliphatic carbocycles. The van der Waals surface area contributed by atoms with Crippen molar-refractivity contribution in [2.45, 2.75) is 50.5 Å². The normalized spacial score (nSPS) is 22.2. The molecule has 2 aromatic rings. The van der Waals surface area contributed by atoms with Gasteiger partial charge in [-0.05, 0) is 69.7 Å². The van der Waals surface area contributed by atoms with Crippen LogP contribution in [0.25, 0.3) is 0 Å². The van der Waals surface area contributed by atoms with Gasteiger partial charge >= 0.3 is 0 Å². The van der Waals surface area contributed by atoms with Crippen LogP contribution in [0.1, 0.15) is 42.7 Å². The van der Waals surface area contributed by atoms with Crippen LogP contribution in [0.4, 0.5) is 5.13 Å². The fourth-order valence-electron chi connectivity index (χ4n) is 4.08.